The topological polar surface area (TPSA) is 161 Å². The summed E-state index contributed by atoms with van der Waals surface area (Å²) >= 11 is 0. The van der Waals surface area contributed by atoms with E-state index in [2.05, 4.69) is 10.0 Å². The molecule has 1 spiro atoms. The number of carbonyl (C=O) groups excluding carboxylic acids is 4. The van der Waals surface area contributed by atoms with Crippen LogP contribution in [0.2, 0.25) is 0 Å². The fraction of sp³-hybridized carbons (Fsp3) is 0.533. The number of benzene rings is 2. The number of ether oxygens (including phenoxy) is 2. The number of allylic oxidation sites excluding steroid dienone is 1. The summed E-state index contributed by atoms with van der Waals surface area (Å²) in [5.74, 6) is -3.57. The van der Waals surface area contributed by atoms with E-state index in [4.69, 9.17) is 14.5 Å². The lowest BCUT2D eigenvalue weighted by Gasteiger charge is -2.37. The number of aromatic nitrogens is 1. The van der Waals surface area contributed by atoms with Crippen molar-refractivity contribution in [1.29, 1.82) is 0 Å². The summed E-state index contributed by atoms with van der Waals surface area (Å²) in [4.78, 5) is 63.6. The molecule has 3 amide bonds. The second kappa shape index (κ2) is 15.0. The van der Waals surface area contributed by atoms with Gasteiger partial charge in [0.2, 0.25) is 21.8 Å². The monoisotopic (exact) mass is 828 g/mol. The van der Waals surface area contributed by atoms with Gasteiger partial charge in [0, 0.05) is 34.8 Å². The highest BCUT2D eigenvalue weighted by Crippen LogP contribution is 2.50. The Labute approximate surface area is 344 Å². The van der Waals surface area contributed by atoms with Crippen LogP contribution in [0.4, 0.5) is 4.39 Å². The number of nitrogens with one attached hydrogen (secondary N) is 2. The zero-order valence-corrected chi connectivity index (χ0v) is 35.0. The van der Waals surface area contributed by atoms with Crippen molar-refractivity contribution < 1.29 is 41.5 Å². The third-order valence-corrected chi connectivity index (χ3v) is 14.9. The zero-order valence-electron chi connectivity index (χ0n) is 34.1. The molecule has 4 heterocycles. The third-order valence-electron chi connectivity index (χ3n) is 12.8. The standard InChI is InChI=1S/C45H53FN4O8S/c1-42(2,3)57-36(51)24-29-13-8-6-5-7-9-15-30-25-45(30,41(54)49-59(55,56)43(4)21-22-43)48-39(52)35-26-44(27-50(35)40(29)53)20-19-33-32-17-10-11-18-34(32)47-37(38(33)58-44)28-14-12-16-31(46)23-28/h9-12,14-18,23,29-30,35H,5-8,13,19-22,24-27H2,1-4H3,(H,48,52)(H,49,54)/b15-9-/t29-,30-,35+,44-,45-/m1/s1. The average molecular weight is 829 g/mol. The van der Waals surface area contributed by atoms with Crippen LogP contribution in [-0.2, 0) is 40.4 Å². The second-order valence-corrected chi connectivity index (χ2v) is 20.7. The molecule has 5 aliphatic rings. The molecule has 2 aliphatic carbocycles. The number of carbonyl (C=O) groups is 4. The van der Waals surface area contributed by atoms with Crippen molar-refractivity contribution in [3.8, 4) is 17.0 Å². The fourth-order valence-electron chi connectivity index (χ4n) is 9.03. The molecule has 3 fully saturated rings. The number of rotatable bonds is 6. The summed E-state index contributed by atoms with van der Waals surface area (Å²) in [6.45, 7) is 6.89. The van der Waals surface area contributed by atoms with Gasteiger partial charge in [0.15, 0.2) is 0 Å². The second-order valence-electron chi connectivity index (χ2n) is 18.5. The van der Waals surface area contributed by atoms with Gasteiger partial charge < -0.3 is 19.7 Å². The minimum Gasteiger partial charge on any atom is -0.483 e. The van der Waals surface area contributed by atoms with Crippen LogP contribution < -0.4 is 14.8 Å². The molecule has 3 aromatic rings. The summed E-state index contributed by atoms with van der Waals surface area (Å²) in [7, 11) is -4.02. The molecule has 12 nitrogen and oxygen atoms in total. The van der Waals surface area contributed by atoms with Crippen LogP contribution in [0.5, 0.6) is 5.75 Å². The first kappa shape index (κ1) is 40.9. The van der Waals surface area contributed by atoms with Crippen LogP contribution in [0.25, 0.3) is 22.2 Å². The largest absolute Gasteiger partial charge is 0.483 e. The predicted molar refractivity (Wildman–Crippen MR) is 219 cm³/mol. The molecule has 2 saturated carbocycles. The van der Waals surface area contributed by atoms with Crippen LogP contribution in [0.3, 0.4) is 0 Å². The van der Waals surface area contributed by atoms with E-state index in [0.717, 1.165) is 29.3 Å². The molecule has 2 N–H and O–H groups in total. The van der Waals surface area contributed by atoms with Gasteiger partial charge in [-0.05, 0) is 97.3 Å². The SMILES string of the molecule is CC(C)(C)OC(=O)C[C@H]1CCCCC/C=C\[C@@H]2C[C@@]2(C(=O)NS(=O)(=O)C2(C)CC2)NC(=O)[C@@H]2C[C@]3(CCc4c(c(-c5cccc(F)c5)nc5ccccc45)O3)CN2C1=O. The lowest BCUT2D eigenvalue weighted by Crippen LogP contribution is -2.57. The van der Waals surface area contributed by atoms with E-state index in [1.165, 1.54) is 17.0 Å². The molecule has 14 heteroatoms. The third kappa shape index (κ3) is 8.08. The number of esters is 1. The Bertz CT molecular complexity index is 2360. The Morgan fingerprint density at radius 3 is 2.58 bits per heavy atom. The normalized spacial score (nSPS) is 28.5. The molecule has 3 aliphatic heterocycles. The molecule has 314 valence electrons. The van der Waals surface area contributed by atoms with Crippen LogP contribution >= 0.6 is 0 Å². The highest BCUT2D eigenvalue weighted by Gasteiger charge is 2.64. The first-order chi connectivity index (χ1) is 27.9. The smallest absolute Gasteiger partial charge is 0.307 e. The quantitative estimate of drug-likeness (QED) is 0.210. The van der Waals surface area contributed by atoms with Gasteiger partial charge in [0.05, 0.1) is 23.2 Å². The Kier molecular flexibility index (Phi) is 10.4. The zero-order chi connectivity index (χ0) is 42.0. The van der Waals surface area contributed by atoms with Gasteiger partial charge in [0.1, 0.15) is 40.0 Å². The van der Waals surface area contributed by atoms with Crippen LogP contribution in [0, 0.1) is 17.7 Å². The van der Waals surface area contributed by atoms with Gasteiger partial charge in [-0.2, -0.15) is 0 Å². The molecule has 1 aromatic heterocycles. The van der Waals surface area contributed by atoms with E-state index in [0.29, 0.717) is 62.0 Å². The molecular weight excluding hydrogens is 776 g/mol. The van der Waals surface area contributed by atoms with Crippen molar-refractivity contribution in [2.45, 2.75) is 132 Å². The molecule has 2 aromatic carbocycles. The maximum Gasteiger partial charge on any atom is 0.307 e. The number of halogens is 1. The average Bonchev–Trinajstić information content (AvgIpc) is 4.07. The lowest BCUT2D eigenvalue weighted by molar-refractivity contribution is -0.159. The highest BCUT2D eigenvalue weighted by atomic mass is 32.2. The number of fused-ring (bicyclic) bond motifs is 5. The Morgan fingerprint density at radius 1 is 1.05 bits per heavy atom. The maximum absolute atomic E-state index is 15.0. The van der Waals surface area contributed by atoms with Crippen molar-refractivity contribution >= 4 is 44.6 Å². The molecular formula is C45H53FN4O8S. The summed E-state index contributed by atoms with van der Waals surface area (Å²) in [6.07, 6.45) is 9.03. The minimum absolute atomic E-state index is 0.00113. The summed E-state index contributed by atoms with van der Waals surface area (Å²) in [5, 5.41) is 3.84. The number of hydrogen-bond donors (Lipinski definition) is 2. The van der Waals surface area contributed by atoms with Gasteiger partial charge in [0.25, 0.3) is 5.91 Å². The molecule has 5 atom stereocenters. The van der Waals surface area contributed by atoms with Crippen molar-refractivity contribution in [2.75, 3.05) is 6.54 Å². The van der Waals surface area contributed by atoms with Crippen LogP contribution in [0.15, 0.2) is 60.7 Å². The van der Waals surface area contributed by atoms with Crippen molar-refractivity contribution in [3.05, 3.63) is 72.1 Å². The molecule has 0 unspecified atom stereocenters. The molecule has 8 rings (SSSR count). The van der Waals surface area contributed by atoms with Crippen molar-refractivity contribution in [2.24, 2.45) is 11.8 Å². The van der Waals surface area contributed by atoms with Crippen molar-refractivity contribution in [3.63, 3.8) is 0 Å². The van der Waals surface area contributed by atoms with Crippen LogP contribution in [-0.4, -0.2) is 76.1 Å². The number of para-hydroxylation sites is 1. The van der Waals surface area contributed by atoms with E-state index in [1.54, 1.807) is 39.8 Å². The van der Waals surface area contributed by atoms with E-state index in [-0.39, 0.29) is 25.8 Å². The van der Waals surface area contributed by atoms with Crippen molar-refractivity contribution in [1.82, 2.24) is 19.9 Å². The summed E-state index contributed by atoms with van der Waals surface area (Å²) in [5.41, 5.74) is -0.850. The Balaban J connectivity index is 1.18. The number of sulfonamides is 1. The first-order valence-corrected chi connectivity index (χ1v) is 22.3. The fourth-order valence-corrected chi connectivity index (χ4v) is 10.3. The molecule has 59 heavy (non-hydrogen) atoms. The van der Waals surface area contributed by atoms with Crippen LogP contribution in [0.1, 0.15) is 104 Å². The number of pyridine rings is 1. The Hall–Kier alpha value is -4.85. The van der Waals surface area contributed by atoms with E-state index < -0.39 is 78.9 Å². The van der Waals surface area contributed by atoms with Gasteiger partial charge in [-0.25, -0.2) is 17.8 Å². The maximum atomic E-state index is 15.0. The molecule has 1 saturated heterocycles. The van der Waals surface area contributed by atoms with Gasteiger partial charge in [-0.3, -0.25) is 23.9 Å². The Morgan fingerprint density at radius 2 is 1.83 bits per heavy atom. The molecule has 0 bridgehead atoms. The lowest BCUT2D eigenvalue weighted by atomic mass is 9.86. The van der Waals surface area contributed by atoms with Gasteiger partial charge in [-0.1, -0.05) is 55.3 Å². The van der Waals surface area contributed by atoms with Gasteiger partial charge in [-0.15, -0.1) is 0 Å². The number of amides is 3. The predicted octanol–water partition coefficient (Wildman–Crippen LogP) is 6.45. The van der Waals surface area contributed by atoms with Gasteiger partial charge >= 0.3 is 5.97 Å². The number of hydrogen-bond acceptors (Lipinski definition) is 9. The first-order valence-electron chi connectivity index (χ1n) is 20.9. The molecule has 0 radical (unpaired) electrons. The summed E-state index contributed by atoms with van der Waals surface area (Å²) in [6, 6.07) is 12.6. The van der Waals surface area contributed by atoms with E-state index >= 15 is 0 Å². The van der Waals surface area contributed by atoms with E-state index in [1.807, 2.05) is 36.4 Å². The highest BCUT2D eigenvalue weighted by molar-refractivity contribution is 7.91. The van der Waals surface area contributed by atoms with E-state index in [9.17, 15) is 32.0 Å². The number of aryl methyl sites for hydroxylation is 1. The number of nitrogens with zero attached hydrogens (tertiary/aromatic N) is 2. The summed E-state index contributed by atoms with van der Waals surface area (Å²) < 4.78 is 55.2. The minimum atomic E-state index is -4.02.